The van der Waals surface area contributed by atoms with Gasteiger partial charge in [0.25, 0.3) is 5.91 Å². The number of carboxylic acids is 1. The van der Waals surface area contributed by atoms with E-state index in [0.717, 1.165) is 18.5 Å². The van der Waals surface area contributed by atoms with Crippen molar-refractivity contribution in [2.75, 3.05) is 6.61 Å². The Morgan fingerprint density at radius 2 is 2.00 bits per heavy atom. The van der Waals surface area contributed by atoms with Gasteiger partial charge in [0.1, 0.15) is 18.1 Å². The molecular formula is C18H17F4N3O5. The van der Waals surface area contributed by atoms with Crippen LogP contribution in [0.15, 0.2) is 22.9 Å². The normalized spacial score (nSPS) is 15.4. The fraction of sp³-hybridized carbons (Fsp3) is 0.444. The Morgan fingerprint density at radius 1 is 1.30 bits per heavy atom. The molecule has 0 aromatic carbocycles. The fourth-order valence-electron chi connectivity index (χ4n) is 2.62. The largest absolute Gasteiger partial charge is 0.490 e. The molecule has 1 aliphatic heterocycles. The molecule has 3 heterocycles. The van der Waals surface area contributed by atoms with Gasteiger partial charge in [-0.25, -0.2) is 14.2 Å². The number of oxazole rings is 1. The molecule has 2 aromatic heterocycles. The number of ether oxygens (including phenoxy) is 1. The predicted molar refractivity (Wildman–Crippen MR) is 90.3 cm³/mol. The van der Waals surface area contributed by atoms with Crippen LogP contribution in [0, 0.1) is 11.7 Å². The number of halogens is 4. The molecule has 2 aromatic rings. The number of rotatable bonds is 5. The molecule has 1 aliphatic carbocycles. The van der Waals surface area contributed by atoms with Gasteiger partial charge >= 0.3 is 12.1 Å². The maximum Gasteiger partial charge on any atom is 0.490 e. The van der Waals surface area contributed by atoms with E-state index < -0.39 is 18.0 Å². The molecule has 8 nitrogen and oxygen atoms in total. The van der Waals surface area contributed by atoms with Gasteiger partial charge in [-0.05, 0) is 24.8 Å². The van der Waals surface area contributed by atoms with Gasteiger partial charge < -0.3 is 19.2 Å². The summed E-state index contributed by atoms with van der Waals surface area (Å²) >= 11 is 0. The summed E-state index contributed by atoms with van der Waals surface area (Å²) in [7, 11) is 0. The van der Waals surface area contributed by atoms with Gasteiger partial charge in [-0.3, -0.25) is 9.78 Å². The Hall–Kier alpha value is -3.02. The van der Waals surface area contributed by atoms with Gasteiger partial charge in [-0.2, -0.15) is 13.2 Å². The molecule has 0 saturated heterocycles. The van der Waals surface area contributed by atoms with Crippen molar-refractivity contribution in [1.29, 1.82) is 0 Å². The number of aromatic nitrogens is 2. The van der Waals surface area contributed by atoms with Crippen LogP contribution in [-0.4, -0.2) is 44.6 Å². The number of amides is 1. The van der Waals surface area contributed by atoms with E-state index >= 15 is 0 Å². The molecule has 4 rings (SSSR count). The van der Waals surface area contributed by atoms with Crippen LogP contribution < -0.4 is 0 Å². The van der Waals surface area contributed by atoms with Crippen LogP contribution in [-0.2, 0) is 29.2 Å². The number of hydrogen-bond acceptors (Lipinski definition) is 6. The van der Waals surface area contributed by atoms with Gasteiger partial charge in [0, 0.05) is 6.20 Å². The van der Waals surface area contributed by atoms with Crippen LogP contribution in [0.25, 0.3) is 0 Å². The average Bonchev–Trinajstić information content (AvgIpc) is 3.29. The molecule has 30 heavy (non-hydrogen) atoms. The summed E-state index contributed by atoms with van der Waals surface area (Å²) in [6.45, 7) is 1.73. The third-order valence-electron chi connectivity index (χ3n) is 4.31. The molecule has 0 atom stereocenters. The highest BCUT2D eigenvalue weighted by atomic mass is 19.4. The van der Waals surface area contributed by atoms with Crippen LogP contribution in [0.3, 0.4) is 0 Å². The molecule has 1 N–H and O–H groups in total. The molecule has 0 unspecified atom stereocenters. The molecule has 0 spiro atoms. The lowest BCUT2D eigenvalue weighted by atomic mass is 10.2. The summed E-state index contributed by atoms with van der Waals surface area (Å²) in [5.41, 5.74) is 0.732. The minimum Gasteiger partial charge on any atom is -0.475 e. The first-order valence-electron chi connectivity index (χ1n) is 8.89. The standard InChI is InChI=1S/C16H16FN3O3.C2HF3O2/c17-12-5-18-4-3-11(12)16(21)20-6-13-14(7-20)23-15(19-13)9-22-8-10-1-2-10;3-2(4,5)1(6)7/h3-5,10H,1-2,6-9H2;(H,6,7). The van der Waals surface area contributed by atoms with Crippen LogP contribution >= 0.6 is 0 Å². The number of carboxylic acid groups (broad SMARTS) is 1. The van der Waals surface area contributed by atoms with Crippen molar-refractivity contribution in [3.63, 3.8) is 0 Å². The number of hydrogen-bond donors (Lipinski definition) is 1. The zero-order valence-electron chi connectivity index (χ0n) is 15.5. The lowest BCUT2D eigenvalue weighted by Crippen LogP contribution is -2.26. The second kappa shape index (κ2) is 8.78. The van der Waals surface area contributed by atoms with Crippen molar-refractivity contribution < 1.29 is 41.4 Å². The van der Waals surface area contributed by atoms with Crippen molar-refractivity contribution in [3.8, 4) is 0 Å². The summed E-state index contributed by atoms with van der Waals surface area (Å²) in [4.78, 5) is 30.8. The van der Waals surface area contributed by atoms with Gasteiger partial charge in [-0.15, -0.1) is 0 Å². The highest BCUT2D eigenvalue weighted by molar-refractivity contribution is 5.94. The van der Waals surface area contributed by atoms with Crippen molar-refractivity contribution in [2.24, 2.45) is 5.92 Å². The Bertz CT molecular complexity index is 903. The third-order valence-corrected chi connectivity index (χ3v) is 4.31. The van der Waals surface area contributed by atoms with Gasteiger partial charge in [-0.1, -0.05) is 0 Å². The maximum absolute atomic E-state index is 13.7. The number of nitrogens with zero attached hydrogens (tertiary/aromatic N) is 3. The monoisotopic (exact) mass is 431 g/mol. The smallest absolute Gasteiger partial charge is 0.475 e. The first kappa shape index (κ1) is 21.7. The zero-order chi connectivity index (χ0) is 21.9. The van der Waals surface area contributed by atoms with E-state index in [2.05, 4.69) is 9.97 Å². The number of carbonyl (C=O) groups excluding carboxylic acids is 1. The molecular weight excluding hydrogens is 414 g/mol. The topological polar surface area (TPSA) is 106 Å². The highest BCUT2D eigenvalue weighted by Crippen LogP contribution is 2.30. The van der Waals surface area contributed by atoms with Crippen LogP contribution in [0.2, 0.25) is 0 Å². The first-order chi connectivity index (χ1) is 14.1. The molecule has 1 fully saturated rings. The number of carbonyl (C=O) groups is 2. The van der Waals surface area contributed by atoms with E-state index in [4.69, 9.17) is 19.1 Å². The second-order valence-electron chi connectivity index (χ2n) is 6.76. The van der Waals surface area contributed by atoms with Crippen LogP contribution in [0.4, 0.5) is 17.6 Å². The summed E-state index contributed by atoms with van der Waals surface area (Å²) in [5.74, 6) is -1.88. The second-order valence-corrected chi connectivity index (χ2v) is 6.76. The fourth-order valence-corrected chi connectivity index (χ4v) is 2.62. The minimum absolute atomic E-state index is 0.0122. The van der Waals surface area contributed by atoms with Crippen LogP contribution in [0.1, 0.15) is 40.5 Å². The minimum atomic E-state index is -5.08. The first-order valence-corrected chi connectivity index (χ1v) is 8.89. The van der Waals surface area contributed by atoms with Crippen molar-refractivity contribution in [2.45, 2.75) is 38.7 Å². The summed E-state index contributed by atoms with van der Waals surface area (Å²) < 4.78 is 56.6. The number of pyridine rings is 1. The Labute approximate surface area is 167 Å². The molecule has 0 bridgehead atoms. The van der Waals surface area contributed by atoms with Gasteiger partial charge in [0.15, 0.2) is 5.82 Å². The zero-order valence-corrected chi connectivity index (χ0v) is 15.5. The Morgan fingerprint density at radius 3 is 2.57 bits per heavy atom. The summed E-state index contributed by atoms with van der Waals surface area (Å²) in [5, 5.41) is 7.12. The lowest BCUT2D eigenvalue weighted by molar-refractivity contribution is -0.192. The molecule has 1 saturated carbocycles. The quantitative estimate of drug-likeness (QED) is 0.726. The van der Waals surface area contributed by atoms with Gasteiger partial charge in [0.05, 0.1) is 31.5 Å². The van der Waals surface area contributed by atoms with E-state index in [1.165, 1.54) is 30.0 Å². The maximum atomic E-state index is 13.7. The summed E-state index contributed by atoms with van der Waals surface area (Å²) in [6, 6.07) is 1.38. The molecule has 162 valence electrons. The number of aliphatic carboxylic acids is 1. The molecule has 1 amide bonds. The van der Waals surface area contributed by atoms with E-state index in [-0.39, 0.29) is 11.5 Å². The number of alkyl halides is 3. The van der Waals surface area contributed by atoms with E-state index in [1.54, 1.807) is 0 Å². The number of fused-ring (bicyclic) bond motifs is 1. The Kier molecular flexibility index (Phi) is 6.34. The predicted octanol–water partition coefficient (Wildman–Crippen LogP) is 2.92. The summed E-state index contributed by atoms with van der Waals surface area (Å²) in [6.07, 6.45) is -0.165. The average molecular weight is 431 g/mol. The van der Waals surface area contributed by atoms with Crippen molar-refractivity contribution >= 4 is 11.9 Å². The van der Waals surface area contributed by atoms with Crippen LogP contribution in [0.5, 0.6) is 0 Å². The van der Waals surface area contributed by atoms with Crippen molar-refractivity contribution in [1.82, 2.24) is 14.9 Å². The molecule has 2 aliphatic rings. The Balaban J connectivity index is 0.000000318. The van der Waals surface area contributed by atoms with E-state index in [0.29, 0.717) is 37.3 Å². The van der Waals surface area contributed by atoms with Gasteiger partial charge in [0.2, 0.25) is 5.89 Å². The SMILES string of the molecule is O=C(O)C(F)(F)F.O=C(c1ccncc1F)N1Cc2nc(COCC3CC3)oc2C1. The third kappa shape index (κ3) is 5.53. The lowest BCUT2D eigenvalue weighted by Gasteiger charge is -2.15. The highest BCUT2D eigenvalue weighted by Gasteiger charge is 2.38. The van der Waals surface area contributed by atoms with Crippen molar-refractivity contribution in [3.05, 3.63) is 47.2 Å². The molecule has 0 radical (unpaired) electrons. The molecule has 12 heteroatoms. The van der Waals surface area contributed by atoms with E-state index in [1.807, 2.05) is 0 Å². The van der Waals surface area contributed by atoms with E-state index in [9.17, 15) is 22.4 Å².